The molecule has 0 aliphatic rings. The Kier molecular flexibility index (Phi) is 10.2. The summed E-state index contributed by atoms with van der Waals surface area (Å²) in [7, 11) is 2.93. The van der Waals surface area contributed by atoms with Crippen LogP contribution in [0.1, 0.15) is 32.8 Å². The summed E-state index contributed by atoms with van der Waals surface area (Å²) in [5, 5.41) is 19.6. The molecule has 9 heteroatoms. The molecule has 2 N–H and O–H groups in total. The van der Waals surface area contributed by atoms with E-state index in [0.717, 1.165) is 11.1 Å². The molecule has 0 bridgehead atoms. The maximum absolute atomic E-state index is 14.0. The summed E-state index contributed by atoms with van der Waals surface area (Å²) >= 11 is 14.5. The van der Waals surface area contributed by atoms with E-state index < -0.39 is 22.1 Å². The van der Waals surface area contributed by atoms with Gasteiger partial charge in [-0.15, -0.1) is 11.8 Å². The summed E-state index contributed by atoms with van der Waals surface area (Å²) in [6.45, 7) is 0. The van der Waals surface area contributed by atoms with Gasteiger partial charge in [0.1, 0.15) is 11.6 Å². The predicted molar refractivity (Wildman–Crippen MR) is 163 cm³/mol. The van der Waals surface area contributed by atoms with E-state index in [9.17, 15) is 19.0 Å². The van der Waals surface area contributed by atoms with E-state index in [4.69, 9.17) is 32.7 Å². The van der Waals surface area contributed by atoms with Gasteiger partial charge in [-0.05, 0) is 70.8 Å². The van der Waals surface area contributed by atoms with E-state index in [2.05, 4.69) is 0 Å². The fourth-order valence-electron chi connectivity index (χ4n) is 4.06. The molecule has 41 heavy (non-hydrogen) atoms. The number of hydrogen-bond acceptors (Lipinski definition) is 5. The van der Waals surface area contributed by atoms with Crippen LogP contribution in [0, 0.1) is 11.6 Å². The number of benzene rings is 4. The lowest BCUT2D eigenvalue weighted by Gasteiger charge is -2.22. The van der Waals surface area contributed by atoms with Gasteiger partial charge in [0.2, 0.25) is 0 Å². The molecule has 4 aromatic carbocycles. The van der Waals surface area contributed by atoms with E-state index >= 15 is 0 Å². The number of rotatable bonds is 10. The van der Waals surface area contributed by atoms with Crippen LogP contribution in [-0.4, -0.2) is 24.4 Å². The van der Waals surface area contributed by atoms with Gasteiger partial charge >= 0.3 is 0 Å². The van der Waals surface area contributed by atoms with Crippen molar-refractivity contribution in [2.75, 3.05) is 14.2 Å². The predicted octanol–water partition coefficient (Wildman–Crippen LogP) is 9.64. The highest BCUT2D eigenvalue weighted by Crippen LogP contribution is 2.47. The van der Waals surface area contributed by atoms with Crippen molar-refractivity contribution >= 4 is 47.1 Å². The second-order valence-electron chi connectivity index (χ2n) is 8.89. The normalized spacial score (nSPS) is 13.0. The maximum atomic E-state index is 14.0. The Morgan fingerprint density at radius 2 is 1.07 bits per heavy atom. The monoisotopic (exact) mass is 614 g/mol. The first-order chi connectivity index (χ1) is 19.7. The minimum absolute atomic E-state index is 0.0131. The molecule has 4 aromatic rings. The molecule has 2 atom stereocenters. The topological polar surface area (TPSA) is 58.9 Å². The Hall–Kier alpha value is -3.65. The summed E-state index contributed by atoms with van der Waals surface area (Å²) in [5.41, 5.74) is 2.82. The first kappa shape index (κ1) is 30.3. The Morgan fingerprint density at radius 3 is 1.44 bits per heavy atom. The fraction of sp³-hybridized carbons (Fsp3) is 0.125. The molecule has 0 aliphatic carbocycles. The summed E-state index contributed by atoms with van der Waals surface area (Å²) in [6.07, 6.45) is 7.49. The Balaban J connectivity index is 1.77. The number of phenols is 2. The molecule has 4 rings (SSSR count). The van der Waals surface area contributed by atoms with E-state index in [1.807, 2.05) is 24.3 Å². The summed E-state index contributed by atoms with van der Waals surface area (Å²) < 4.78 is 38.4. The summed E-state index contributed by atoms with van der Waals surface area (Å²) in [6, 6.07) is 18.3. The van der Waals surface area contributed by atoms with Crippen LogP contribution in [0.5, 0.6) is 23.0 Å². The molecular formula is C32H26Cl2F2O4S. The zero-order valence-electron chi connectivity index (χ0n) is 22.0. The van der Waals surface area contributed by atoms with Gasteiger partial charge in [0.15, 0.2) is 23.0 Å². The molecule has 4 nitrogen and oxygen atoms in total. The second-order valence-corrected chi connectivity index (χ2v) is 11.0. The average molecular weight is 616 g/mol. The highest BCUT2D eigenvalue weighted by atomic mass is 35.5. The number of aromatic hydroxyl groups is 2. The van der Waals surface area contributed by atoms with Crippen molar-refractivity contribution in [1.29, 1.82) is 0 Å². The zero-order chi connectivity index (χ0) is 29.5. The molecule has 0 amide bonds. The third-order valence-corrected chi connectivity index (χ3v) is 8.23. The molecule has 2 unspecified atom stereocenters. The molecule has 0 saturated carbocycles. The third-order valence-electron chi connectivity index (χ3n) is 6.17. The zero-order valence-corrected chi connectivity index (χ0v) is 24.4. The lowest BCUT2D eigenvalue weighted by molar-refractivity contribution is 0.373. The SMILES string of the molecule is COc1cc(C=CC(SC(/C=C\c2ccc(O)c(OC)c2)c2ccc(F)cc2Cl)c2ccc(F)cc2Cl)ccc1O. The number of phenolic OH excluding ortho intramolecular Hbond substituents is 2. The van der Waals surface area contributed by atoms with Crippen LogP contribution in [0.4, 0.5) is 8.78 Å². The van der Waals surface area contributed by atoms with Gasteiger partial charge < -0.3 is 19.7 Å². The van der Waals surface area contributed by atoms with E-state index in [1.54, 1.807) is 36.4 Å². The highest BCUT2D eigenvalue weighted by molar-refractivity contribution is 8.00. The van der Waals surface area contributed by atoms with Gasteiger partial charge in [-0.1, -0.05) is 71.8 Å². The van der Waals surface area contributed by atoms with Crippen LogP contribution < -0.4 is 9.47 Å². The Labute approximate surface area is 251 Å². The van der Waals surface area contributed by atoms with Gasteiger partial charge in [-0.2, -0.15) is 0 Å². The molecule has 0 spiro atoms. The lowest BCUT2D eigenvalue weighted by Crippen LogP contribution is -1.99. The third kappa shape index (κ3) is 7.76. The minimum atomic E-state index is -0.464. The maximum Gasteiger partial charge on any atom is 0.161 e. The number of methoxy groups -OCH3 is 2. The second kappa shape index (κ2) is 13.8. The van der Waals surface area contributed by atoms with Crippen LogP contribution in [0.25, 0.3) is 12.2 Å². The van der Waals surface area contributed by atoms with Gasteiger partial charge in [0.25, 0.3) is 0 Å². The molecule has 0 heterocycles. The van der Waals surface area contributed by atoms with E-state index in [0.29, 0.717) is 22.6 Å². The van der Waals surface area contributed by atoms with Crippen molar-refractivity contribution in [2.45, 2.75) is 10.5 Å². The lowest BCUT2D eigenvalue weighted by atomic mass is 10.1. The van der Waals surface area contributed by atoms with Gasteiger partial charge in [-0.25, -0.2) is 8.78 Å². The number of hydrogen-bond donors (Lipinski definition) is 2. The van der Waals surface area contributed by atoms with Crippen molar-refractivity contribution in [1.82, 2.24) is 0 Å². The standard InChI is InChI=1S/C32H26Cl2F2O4S/c1-39-29-15-19(3-11-27(29)37)5-13-31(23-9-7-21(35)17-25(23)33)41-32(24-10-8-22(36)18-26(24)34)14-6-20-4-12-28(38)30(16-20)40-2/h3-18,31-32,37-38H,1-2H3/b13-5-,14-6?. The molecule has 0 saturated heterocycles. The summed E-state index contributed by atoms with van der Waals surface area (Å²) in [4.78, 5) is 0. The van der Waals surface area contributed by atoms with Crippen molar-refractivity contribution < 1.29 is 28.5 Å². The van der Waals surface area contributed by atoms with Crippen molar-refractivity contribution in [3.8, 4) is 23.0 Å². The van der Waals surface area contributed by atoms with Crippen molar-refractivity contribution in [2.24, 2.45) is 0 Å². The molecule has 0 radical (unpaired) electrons. The smallest absolute Gasteiger partial charge is 0.161 e. The first-order valence-electron chi connectivity index (χ1n) is 12.3. The van der Waals surface area contributed by atoms with Gasteiger partial charge in [0.05, 0.1) is 24.7 Å². The first-order valence-corrected chi connectivity index (χ1v) is 14.0. The largest absolute Gasteiger partial charge is 0.504 e. The molecule has 0 aliphatic heterocycles. The summed E-state index contributed by atoms with van der Waals surface area (Å²) in [5.74, 6) is -0.264. The van der Waals surface area contributed by atoms with E-state index in [-0.39, 0.29) is 21.5 Å². The van der Waals surface area contributed by atoms with Crippen LogP contribution in [0.15, 0.2) is 84.9 Å². The minimum Gasteiger partial charge on any atom is -0.504 e. The van der Waals surface area contributed by atoms with E-state index in [1.165, 1.54) is 62.4 Å². The quantitative estimate of drug-likeness (QED) is 0.186. The Bertz CT molecular complexity index is 1480. The van der Waals surface area contributed by atoms with Crippen LogP contribution in [0.3, 0.4) is 0 Å². The van der Waals surface area contributed by atoms with Crippen LogP contribution in [0.2, 0.25) is 10.0 Å². The fourth-order valence-corrected chi connectivity index (χ4v) is 6.12. The molecule has 212 valence electrons. The van der Waals surface area contributed by atoms with Crippen LogP contribution in [-0.2, 0) is 0 Å². The van der Waals surface area contributed by atoms with Crippen molar-refractivity contribution in [3.63, 3.8) is 0 Å². The van der Waals surface area contributed by atoms with Gasteiger partial charge in [0, 0.05) is 10.0 Å². The number of thioether (sulfide) groups is 1. The number of ether oxygens (including phenoxy) is 2. The average Bonchev–Trinajstić information content (AvgIpc) is 2.95. The van der Waals surface area contributed by atoms with Crippen molar-refractivity contribution in [3.05, 3.63) is 129 Å². The number of halogens is 4. The molecular weight excluding hydrogens is 589 g/mol. The molecule has 0 fully saturated rings. The molecule has 0 aromatic heterocycles. The van der Waals surface area contributed by atoms with Gasteiger partial charge in [-0.3, -0.25) is 0 Å². The highest BCUT2D eigenvalue weighted by Gasteiger charge is 2.21. The Morgan fingerprint density at radius 1 is 0.659 bits per heavy atom. The van der Waals surface area contributed by atoms with Crippen LogP contribution >= 0.6 is 35.0 Å².